The third-order valence-corrected chi connectivity index (χ3v) is 2.55. The fourth-order valence-corrected chi connectivity index (χ4v) is 1.67. The first-order valence-electron chi connectivity index (χ1n) is 5.18. The molecule has 0 unspecified atom stereocenters. The van der Waals surface area contributed by atoms with E-state index >= 15 is 0 Å². The molecule has 0 bridgehead atoms. The molecule has 0 aromatic heterocycles. The van der Waals surface area contributed by atoms with Gasteiger partial charge in [-0.05, 0) is 36.4 Å². The molecule has 0 fully saturated rings. The molecule has 3 N–H and O–H groups in total. The number of halogens is 2. The molecule has 92 valence electrons. The van der Waals surface area contributed by atoms with Crippen LogP contribution < -0.4 is 11.1 Å². The average Bonchev–Trinajstić information content (AvgIpc) is 2.32. The lowest BCUT2D eigenvalue weighted by Crippen LogP contribution is -2.14. The summed E-state index contributed by atoms with van der Waals surface area (Å²) in [5.41, 5.74) is 6.23. The smallest absolute Gasteiger partial charge is 0.258 e. The molecule has 0 aliphatic heterocycles. The number of carbonyl (C=O) groups excluding carboxylic acids is 1. The molecule has 0 radical (unpaired) electrons. The van der Waals surface area contributed by atoms with E-state index in [4.69, 9.17) is 17.3 Å². The summed E-state index contributed by atoms with van der Waals surface area (Å²) in [6.07, 6.45) is 0. The lowest BCUT2D eigenvalue weighted by molar-refractivity contribution is 0.102. The Morgan fingerprint density at radius 2 is 2.00 bits per heavy atom. The van der Waals surface area contributed by atoms with Crippen LogP contribution in [0.2, 0.25) is 5.02 Å². The molecule has 2 rings (SSSR count). The van der Waals surface area contributed by atoms with Crippen molar-refractivity contribution in [1.29, 1.82) is 0 Å². The van der Waals surface area contributed by atoms with E-state index < -0.39 is 11.7 Å². The molecule has 1 amide bonds. The molecule has 2 aromatic rings. The molecule has 0 saturated heterocycles. The third kappa shape index (κ3) is 2.78. The minimum atomic E-state index is -0.622. The predicted octanol–water partition coefficient (Wildman–Crippen LogP) is 3.31. The van der Waals surface area contributed by atoms with E-state index in [-0.39, 0.29) is 5.56 Å². The van der Waals surface area contributed by atoms with Gasteiger partial charge in [0.25, 0.3) is 5.91 Å². The Labute approximate surface area is 108 Å². The second-order valence-electron chi connectivity index (χ2n) is 3.70. The highest BCUT2D eigenvalue weighted by molar-refractivity contribution is 6.30. The van der Waals surface area contributed by atoms with Crippen LogP contribution in [0.25, 0.3) is 0 Å². The lowest BCUT2D eigenvalue weighted by atomic mass is 10.1. The summed E-state index contributed by atoms with van der Waals surface area (Å²) in [6, 6.07) is 10.4. The maximum Gasteiger partial charge on any atom is 0.258 e. The van der Waals surface area contributed by atoms with Gasteiger partial charge in [-0.2, -0.15) is 0 Å². The van der Waals surface area contributed by atoms with Crippen LogP contribution >= 0.6 is 11.6 Å². The number of nitrogens with one attached hydrogen (secondary N) is 1. The summed E-state index contributed by atoms with van der Waals surface area (Å²) in [4.78, 5) is 11.8. The van der Waals surface area contributed by atoms with Crippen molar-refractivity contribution in [3.05, 3.63) is 58.9 Å². The van der Waals surface area contributed by atoms with Crippen molar-refractivity contribution in [2.75, 3.05) is 11.1 Å². The van der Waals surface area contributed by atoms with Crippen LogP contribution in [0.3, 0.4) is 0 Å². The first kappa shape index (κ1) is 12.4. The number of benzene rings is 2. The Hall–Kier alpha value is -2.07. The molecule has 0 saturated carbocycles. The highest BCUT2D eigenvalue weighted by Crippen LogP contribution is 2.18. The Kier molecular flexibility index (Phi) is 3.48. The summed E-state index contributed by atoms with van der Waals surface area (Å²) in [7, 11) is 0. The molecule has 0 aliphatic rings. The van der Waals surface area contributed by atoms with Gasteiger partial charge in [-0.3, -0.25) is 4.79 Å². The summed E-state index contributed by atoms with van der Waals surface area (Å²) >= 11 is 5.79. The van der Waals surface area contributed by atoms with Crippen LogP contribution in [0.1, 0.15) is 10.4 Å². The topological polar surface area (TPSA) is 55.1 Å². The Bertz CT molecular complexity index is 601. The van der Waals surface area contributed by atoms with Crippen LogP contribution in [-0.2, 0) is 0 Å². The standard InChI is InChI=1S/C13H10ClFN2O/c14-8-2-1-3-10(6-8)17-13(18)11-7-9(16)4-5-12(11)15/h1-7H,16H2,(H,17,18). The van der Waals surface area contributed by atoms with Gasteiger partial charge >= 0.3 is 0 Å². The third-order valence-electron chi connectivity index (χ3n) is 2.32. The second kappa shape index (κ2) is 5.06. The van der Waals surface area contributed by atoms with E-state index in [1.165, 1.54) is 12.1 Å². The Morgan fingerprint density at radius 3 is 2.72 bits per heavy atom. The number of nitrogens with two attached hydrogens (primary N) is 1. The molecule has 3 nitrogen and oxygen atoms in total. The van der Waals surface area contributed by atoms with E-state index in [9.17, 15) is 9.18 Å². The van der Waals surface area contributed by atoms with E-state index in [1.807, 2.05) is 0 Å². The van der Waals surface area contributed by atoms with Gasteiger partial charge in [-0.1, -0.05) is 17.7 Å². The molecule has 0 heterocycles. The van der Waals surface area contributed by atoms with Crippen molar-refractivity contribution in [3.8, 4) is 0 Å². The number of hydrogen-bond donors (Lipinski definition) is 2. The average molecular weight is 265 g/mol. The molecule has 0 atom stereocenters. The van der Waals surface area contributed by atoms with Gasteiger partial charge in [0, 0.05) is 16.4 Å². The van der Waals surface area contributed by atoms with Crippen LogP contribution in [0, 0.1) is 5.82 Å². The van der Waals surface area contributed by atoms with E-state index in [2.05, 4.69) is 5.32 Å². The molecule has 0 aliphatic carbocycles. The van der Waals surface area contributed by atoms with Gasteiger partial charge in [0.2, 0.25) is 0 Å². The predicted molar refractivity (Wildman–Crippen MR) is 70.2 cm³/mol. The Morgan fingerprint density at radius 1 is 1.22 bits per heavy atom. The summed E-state index contributed by atoms with van der Waals surface area (Å²) < 4.78 is 13.5. The number of anilines is 2. The number of rotatable bonds is 2. The summed E-state index contributed by atoms with van der Waals surface area (Å²) in [5.74, 6) is -1.19. The quantitative estimate of drug-likeness (QED) is 0.818. The van der Waals surface area contributed by atoms with Gasteiger partial charge in [0.15, 0.2) is 0 Å². The van der Waals surface area contributed by atoms with Crippen LogP contribution in [0.15, 0.2) is 42.5 Å². The van der Waals surface area contributed by atoms with E-state index in [0.29, 0.717) is 16.4 Å². The van der Waals surface area contributed by atoms with Crippen molar-refractivity contribution in [3.63, 3.8) is 0 Å². The van der Waals surface area contributed by atoms with Crippen LogP contribution in [0.4, 0.5) is 15.8 Å². The van der Waals surface area contributed by atoms with E-state index in [1.54, 1.807) is 24.3 Å². The van der Waals surface area contributed by atoms with Gasteiger partial charge in [-0.15, -0.1) is 0 Å². The SMILES string of the molecule is Nc1ccc(F)c(C(=O)Nc2cccc(Cl)c2)c1. The molecular formula is C13H10ClFN2O. The van der Waals surface area contributed by atoms with E-state index in [0.717, 1.165) is 6.07 Å². The van der Waals surface area contributed by atoms with Gasteiger partial charge in [-0.25, -0.2) is 4.39 Å². The number of amides is 1. The van der Waals surface area contributed by atoms with Gasteiger partial charge in [0.1, 0.15) is 5.82 Å². The monoisotopic (exact) mass is 264 g/mol. The zero-order valence-corrected chi connectivity index (χ0v) is 10.0. The first-order valence-corrected chi connectivity index (χ1v) is 5.56. The fraction of sp³-hybridized carbons (Fsp3) is 0. The fourth-order valence-electron chi connectivity index (χ4n) is 1.48. The first-order chi connectivity index (χ1) is 8.56. The minimum absolute atomic E-state index is 0.102. The maximum atomic E-state index is 13.5. The minimum Gasteiger partial charge on any atom is -0.399 e. The normalized spacial score (nSPS) is 10.1. The van der Waals surface area contributed by atoms with Crippen molar-refractivity contribution in [1.82, 2.24) is 0 Å². The summed E-state index contributed by atoms with van der Waals surface area (Å²) in [5, 5.41) is 3.04. The number of hydrogen-bond acceptors (Lipinski definition) is 2. The molecular weight excluding hydrogens is 255 g/mol. The van der Waals surface area contributed by atoms with Crippen LogP contribution in [-0.4, -0.2) is 5.91 Å². The van der Waals surface area contributed by atoms with Crippen molar-refractivity contribution < 1.29 is 9.18 Å². The number of nitrogen functional groups attached to an aromatic ring is 1. The highest BCUT2D eigenvalue weighted by Gasteiger charge is 2.12. The van der Waals surface area contributed by atoms with Gasteiger partial charge in [0.05, 0.1) is 5.56 Å². The van der Waals surface area contributed by atoms with Crippen LogP contribution in [0.5, 0.6) is 0 Å². The van der Waals surface area contributed by atoms with Gasteiger partial charge < -0.3 is 11.1 Å². The zero-order valence-electron chi connectivity index (χ0n) is 9.28. The molecule has 18 heavy (non-hydrogen) atoms. The van der Waals surface area contributed by atoms with Crippen molar-refractivity contribution in [2.45, 2.75) is 0 Å². The largest absolute Gasteiger partial charge is 0.399 e. The highest BCUT2D eigenvalue weighted by atomic mass is 35.5. The second-order valence-corrected chi connectivity index (χ2v) is 4.14. The van der Waals surface area contributed by atoms with Crippen molar-refractivity contribution in [2.24, 2.45) is 0 Å². The zero-order chi connectivity index (χ0) is 13.1. The Balaban J connectivity index is 2.24. The van der Waals surface area contributed by atoms with Crippen molar-refractivity contribution >= 4 is 28.9 Å². The molecule has 2 aromatic carbocycles. The molecule has 0 spiro atoms. The lowest BCUT2D eigenvalue weighted by Gasteiger charge is -2.07. The maximum absolute atomic E-state index is 13.5. The summed E-state index contributed by atoms with van der Waals surface area (Å²) in [6.45, 7) is 0. The molecule has 5 heteroatoms. The number of carbonyl (C=O) groups is 1.